The number of aliphatic hydroxyl groups is 1. The summed E-state index contributed by atoms with van der Waals surface area (Å²) in [7, 11) is 0. The van der Waals surface area contributed by atoms with Gasteiger partial charge in [-0.1, -0.05) is 24.1 Å². The van der Waals surface area contributed by atoms with Gasteiger partial charge in [-0.05, 0) is 48.7 Å². The first-order valence-electron chi connectivity index (χ1n) is 5.31. The molecule has 0 saturated heterocycles. The van der Waals surface area contributed by atoms with Gasteiger partial charge in [-0.3, -0.25) is 5.10 Å². The van der Waals surface area contributed by atoms with Crippen molar-refractivity contribution in [3.8, 4) is 35.5 Å². The Morgan fingerprint density at radius 3 is 2.83 bits per heavy atom. The molecule has 1 aromatic heterocycles. The van der Waals surface area contributed by atoms with E-state index < -0.39 is 6.10 Å². The van der Waals surface area contributed by atoms with Crippen LogP contribution in [0, 0.1) is 35.5 Å². The molecule has 0 aromatic carbocycles. The predicted molar refractivity (Wildman–Crippen MR) is 71.0 cm³/mol. The van der Waals surface area contributed by atoms with E-state index in [1.54, 1.807) is 43.5 Å². The highest BCUT2D eigenvalue weighted by Gasteiger charge is 1.81. The molecule has 2 N–H and O–H groups in total. The molecule has 0 saturated carbocycles. The van der Waals surface area contributed by atoms with Crippen molar-refractivity contribution in [2.24, 2.45) is 0 Å². The number of H-pyrrole nitrogens is 1. The van der Waals surface area contributed by atoms with Gasteiger partial charge in [-0.2, -0.15) is 5.10 Å². The smallest absolute Gasteiger partial charge is 0.108 e. The van der Waals surface area contributed by atoms with Gasteiger partial charge in [0.1, 0.15) is 5.69 Å². The van der Waals surface area contributed by atoms with Crippen molar-refractivity contribution >= 4 is 0 Å². The van der Waals surface area contributed by atoms with E-state index in [1.807, 2.05) is 0 Å². The van der Waals surface area contributed by atoms with Gasteiger partial charge in [0.15, 0.2) is 0 Å². The average Bonchev–Trinajstić information content (AvgIpc) is 2.84. The van der Waals surface area contributed by atoms with Crippen LogP contribution in [-0.4, -0.2) is 21.4 Å². The number of aromatic nitrogens is 2. The Morgan fingerprint density at radius 1 is 1.28 bits per heavy atom. The summed E-state index contributed by atoms with van der Waals surface area (Å²) in [5.74, 6) is 16.0. The number of allylic oxidation sites excluding steroid dienone is 3. The molecule has 0 spiro atoms. The second kappa shape index (κ2) is 8.48. The summed E-state index contributed by atoms with van der Waals surface area (Å²) in [6.45, 7) is 1.68. The molecular weight excluding hydrogens is 224 g/mol. The topological polar surface area (TPSA) is 48.9 Å². The molecule has 0 amide bonds. The van der Waals surface area contributed by atoms with Crippen molar-refractivity contribution in [2.45, 2.75) is 13.0 Å². The van der Waals surface area contributed by atoms with E-state index in [0.29, 0.717) is 0 Å². The van der Waals surface area contributed by atoms with Crippen molar-refractivity contribution in [2.75, 3.05) is 0 Å². The number of nitrogens with one attached hydrogen (secondary N) is 1. The van der Waals surface area contributed by atoms with Gasteiger partial charge in [0.05, 0.1) is 6.10 Å². The number of hydrogen-bond acceptors (Lipinski definition) is 2. The van der Waals surface area contributed by atoms with Crippen LogP contribution < -0.4 is 0 Å². The van der Waals surface area contributed by atoms with Crippen LogP contribution in [0.4, 0.5) is 0 Å². The molecule has 0 unspecified atom stereocenters. The summed E-state index contributed by atoms with van der Waals surface area (Å²) in [4.78, 5) is 0. The first-order valence-corrected chi connectivity index (χ1v) is 5.31. The Hall–Kier alpha value is -2.67. The van der Waals surface area contributed by atoms with Crippen molar-refractivity contribution < 1.29 is 5.11 Å². The number of aromatic amines is 1. The van der Waals surface area contributed by atoms with Crippen LogP contribution in [0.2, 0.25) is 0 Å². The standard InChI is InChI=1S/C15H12N2O/c1-14(18)10-8-6-4-2-3-5-7-9-11-15-12-13-16-17-15/h4,6,8,10,12-14,18H,1H3,(H,16,17)/b6-4+,10-8+/t14-/m1/s1. The van der Waals surface area contributed by atoms with Crippen LogP contribution >= 0.6 is 0 Å². The molecule has 0 bridgehead atoms. The Bertz CT molecular complexity index is 588. The van der Waals surface area contributed by atoms with Crippen LogP contribution in [0.3, 0.4) is 0 Å². The summed E-state index contributed by atoms with van der Waals surface area (Å²) in [5, 5.41) is 15.4. The fraction of sp³-hybridized carbons (Fsp3) is 0.133. The van der Waals surface area contributed by atoms with E-state index in [1.165, 1.54) is 0 Å². The van der Waals surface area contributed by atoms with E-state index >= 15 is 0 Å². The molecule has 0 aliphatic rings. The molecule has 3 heteroatoms. The number of nitrogens with zero attached hydrogens (tertiary/aromatic N) is 1. The van der Waals surface area contributed by atoms with E-state index in [9.17, 15) is 0 Å². The summed E-state index contributed by atoms with van der Waals surface area (Å²) in [5.41, 5.74) is 0.723. The molecule has 0 aliphatic carbocycles. The predicted octanol–water partition coefficient (Wildman–Crippen LogP) is 1.26. The maximum atomic E-state index is 8.93. The lowest BCUT2D eigenvalue weighted by Gasteiger charge is -1.88. The Kier molecular flexibility index (Phi) is 6.31. The first-order chi connectivity index (χ1) is 8.79. The van der Waals surface area contributed by atoms with Crippen LogP contribution in [-0.2, 0) is 0 Å². The minimum atomic E-state index is -0.444. The van der Waals surface area contributed by atoms with Crippen LogP contribution in [0.15, 0.2) is 36.6 Å². The largest absolute Gasteiger partial charge is 0.389 e. The van der Waals surface area contributed by atoms with Crippen molar-refractivity contribution in [3.63, 3.8) is 0 Å². The van der Waals surface area contributed by atoms with E-state index in [2.05, 4.69) is 45.7 Å². The van der Waals surface area contributed by atoms with Gasteiger partial charge in [0.2, 0.25) is 0 Å². The van der Waals surface area contributed by atoms with Gasteiger partial charge in [0.25, 0.3) is 0 Å². The molecule has 1 rings (SSSR count). The Morgan fingerprint density at radius 2 is 2.11 bits per heavy atom. The number of aliphatic hydroxyl groups excluding tert-OH is 1. The molecule has 1 aromatic rings. The van der Waals surface area contributed by atoms with Gasteiger partial charge >= 0.3 is 0 Å². The fourth-order valence-electron chi connectivity index (χ4n) is 0.893. The summed E-state index contributed by atoms with van der Waals surface area (Å²) < 4.78 is 0. The second-order valence-electron chi connectivity index (χ2n) is 3.22. The average molecular weight is 236 g/mol. The lowest BCUT2D eigenvalue weighted by Crippen LogP contribution is -1.90. The van der Waals surface area contributed by atoms with Crippen molar-refractivity contribution in [1.29, 1.82) is 0 Å². The summed E-state index contributed by atoms with van der Waals surface area (Å²) in [6.07, 6.45) is 7.95. The van der Waals surface area contributed by atoms with E-state index in [4.69, 9.17) is 5.11 Å². The Labute approximate surface area is 107 Å². The monoisotopic (exact) mass is 236 g/mol. The number of rotatable bonds is 2. The maximum absolute atomic E-state index is 8.93. The molecular formula is C15H12N2O. The van der Waals surface area contributed by atoms with Gasteiger partial charge in [-0.25, -0.2) is 0 Å². The zero-order valence-electron chi connectivity index (χ0n) is 9.94. The molecule has 1 heterocycles. The highest BCUT2D eigenvalue weighted by Crippen LogP contribution is 1.85. The summed E-state index contributed by atoms with van der Waals surface area (Å²) in [6, 6.07) is 1.76. The molecule has 1 atom stereocenters. The normalized spacial score (nSPS) is 11.0. The van der Waals surface area contributed by atoms with E-state index in [0.717, 1.165) is 5.69 Å². The Balaban J connectivity index is 2.38. The third kappa shape index (κ3) is 6.75. The fourth-order valence-corrected chi connectivity index (χ4v) is 0.893. The highest BCUT2D eigenvalue weighted by atomic mass is 16.3. The van der Waals surface area contributed by atoms with Crippen molar-refractivity contribution in [3.05, 3.63) is 42.3 Å². The molecule has 0 fully saturated rings. The highest BCUT2D eigenvalue weighted by molar-refractivity contribution is 5.41. The third-order valence-electron chi connectivity index (χ3n) is 1.64. The maximum Gasteiger partial charge on any atom is 0.108 e. The van der Waals surface area contributed by atoms with Gasteiger partial charge < -0.3 is 5.11 Å². The zero-order valence-corrected chi connectivity index (χ0v) is 9.94. The van der Waals surface area contributed by atoms with E-state index in [-0.39, 0.29) is 0 Å². The quantitative estimate of drug-likeness (QED) is 0.600. The molecule has 3 nitrogen and oxygen atoms in total. The summed E-state index contributed by atoms with van der Waals surface area (Å²) >= 11 is 0. The molecule has 0 aliphatic heterocycles. The molecule has 0 radical (unpaired) electrons. The van der Waals surface area contributed by atoms with Crippen molar-refractivity contribution in [1.82, 2.24) is 10.2 Å². The van der Waals surface area contributed by atoms with Crippen LogP contribution in [0.1, 0.15) is 12.6 Å². The molecule has 18 heavy (non-hydrogen) atoms. The minimum absolute atomic E-state index is 0.444. The SMILES string of the molecule is C[C@@H](O)/C=C/C=C/C#CC#CC#Cc1ccn[nH]1. The van der Waals surface area contributed by atoms with Crippen LogP contribution in [0.25, 0.3) is 0 Å². The van der Waals surface area contributed by atoms with Gasteiger partial charge in [-0.15, -0.1) is 0 Å². The second-order valence-corrected chi connectivity index (χ2v) is 3.22. The number of hydrogen-bond donors (Lipinski definition) is 2. The minimum Gasteiger partial charge on any atom is -0.389 e. The van der Waals surface area contributed by atoms with Gasteiger partial charge in [0, 0.05) is 6.20 Å². The lowest BCUT2D eigenvalue weighted by atomic mass is 10.3. The lowest BCUT2D eigenvalue weighted by molar-refractivity contribution is 0.244. The zero-order chi connectivity index (χ0) is 13.1. The first kappa shape index (κ1) is 13.4. The van der Waals surface area contributed by atoms with Crippen LogP contribution in [0.5, 0.6) is 0 Å². The molecule has 88 valence electrons. The third-order valence-corrected chi connectivity index (χ3v) is 1.64.